The highest BCUT2D eigenvalue weighted by Gasteiger charge is 2.02. The number of allylic oxidation sites excluding steroid dienone is 1. The molecule has 0 amide bonds. The van der Waals surface area contributed by atoms with Gasteiger partial charge in [0.05, 0.1) is 0 Å². The second-order valence-corrected chi connectivity index (χ2v) is 8.12. The third-order valence-electron chi connectivity index (χ3n) is 5.42. The molecule has 0 unspecified atom stereocenters. The van der Waals surface area contributed by atoms with Crippen LogP contribution in [-0.2, 0) is 9.59 Å². The zero-order chi connectivity index (χ0) is 20.0. The minimum atomic E-state index is 0.177. The first-order chi connectivity index (χ1) is 13.2. The van der Waals surface area contributed by atoms with E-state index in [0.29, 0.717) is 12.2 Å². The predicted octanol–water partition coefficient (Wildman–Crippen LogP) is 8.13. The van der Waals surface area contributed by atoms with Crippen molar-refractivity contribution in [2.45, 2.75) is 135 Å². The molecule has 2 nitrogen and oxygen atoms in total. The fourth-order valence-corrected chi connectivity index (χ4v) is 3.54. The summed E-state index contributed by atoms with van der Waals surface area (Å²) in [4.78, 5) is 23.0. The van der Waals surface area contributed by atoms with Crippen LogP contribution in [0.5, 0.6) is 0 Å². The third kappa shape index (κ3) is 21.2. The molecule has 0 aliphatic heterocycles. The van der Waals surface area contributed by atoms with Gasteiger partial charge in [0, 0.05) is 19.3 Å². The highest BCUT2D eigenvalue weighted by Crippen LogP contribution is 2.14. The summed E-state index contributed by atoms with van der Waals surface area (Å²) in [6.07, 6.45) is 25.0. The summed E-state index contributed by atoms with van der Waals surface area (Å²) < 4.78 is 0. The normalized spacial score (nSPS) is 10.9. The fraction of sp³-hybridized carbons (Fsp3) is 0.840. The van der Waals surface area contributed by atoms with Crippen LogP contribution in [0.15, 0.2) is 12.7 Å². The molecule has 0 spiro atoms. The van der Waals surface area contributed by atoms with Gasteiger partial charge >= 0.3 is 0 Å². The highest BCUT2D eigenvalue weighted by molar-refractivity contribution is 5.88. The molecule has 0 fully saturated rings. The molecule has 0 aliphatic carbocycles. The second kappa shape index (κ2) is 21.4. The number of carbonyl (C=O) groups is 2. The van der Waals surface area contributed by atoms with Crippen molar-refractivity contribution in [3.05, 3.63) is 12.7 Å². The number of hydrogen-bond acceptors (Lipinski definition) is 2. The molecule has 0 saturated heterocycles. The summed E-state index contributed by atoms with van der Waals surface area (Å²) >= 11 is 0. The average molecular weight is 379 g/mol. The van der Waals surface area contributed by atoms with Gasteiger partial charge in [-0.3, -0.25) is 9.59 Å². The SMILES string of the molecule is C=CC(=O)CCCCCCCCCCCCC(=O)CCCCCCCCC. The highest BCUT2D eigenvalue weighted by atomic mass is 16.1. The summed E-state index contributed by atoms with van der Waals surface area (Å²) in [6, 6.07) is 0. The van der Waals surface area contributed by atoms with Gasteiger partial charge in [-0.05, 0) is 25.3 Å². The molecule has 2 heteroatoms. The minimum Gasteiger partial charge on any atom is -0.300 e. The van der Waals surface area contributed by atoms with Gasteiger partial charge in [-0.1, -0.05) is 103 Å². The third-order valence-corrected chi connectivity index (χ3v) is 5.42. The molecule has 158 valence electrons. The maximum Gasteiger partial charge on any atom is 0.155 e. The monoisotopic (exact) mass is 378 g/mol. The fourth-order valence-electron chi connectivity index (χ4n) is 3.54. The van der Waals surface area contributed by atoms with Crippen molar-refractivity contribution in [2.75, 3.05) is 0 Å². The van der Waals surface area contributed by atoms with Crippen LogP contribution in [0.4, 0.5) is 0 Å². The van der Waals surface area contributed by atoms with E-state index >= 15 is 0 Å². The molecule has 0 N–H and O–H groups in total. The zero-order valence-corrected chi connectivity index (χ0v) is 18.2. The largest absolute Gasteiger partial charge is 0.300 e. The van der Waals surface area contributed by atoms with E-state index in [0.717, 1.165) is 32.1 Å². The van der Waals surface area contributed by atoms with E-state index in [9.17, 15) is 9.59 Å². The number of hydrogen-bond donors (Lipinski definition) is 0. The van der Waals surface area contributed by atoms with Crippen LogP contribution in [0.1, 0.15) is 135 Å². The van der Waals surface area contributed by atoms with Gasteiger partial charge < -0.3 is 0 Å². The van der Waals surface area contributed by atoms with E-state index in [2.05, 4.69) is 13.5 Å². The van der Waals surface area contributed by atoms with Gasteiger partial charge in [0.25, 0.3) is 0 Å². The van der Waals surface area contributed by atoms with Crippen molar-refractivity contribution in [3.63, 3.8) is 0 Å². The predicted molar refractivity (Wildman–Crippen MR) is 118 cm³/mol. The molecule has 0 radical (unpaired) electrons. The lowest BCUT2D eigenvalue weighted by molar-refractivity contribution is -0.119. The van der Waals surface area contributed by atoms with Crippen LogP contribution in [-0.4, -0.2) is 11.6 Å². The van der Waals surface area contributed by atoms with Crippen LogP contribution in [0, 0.1) is 0 Å². The summed E-state index contributed by atoms with van der Waals surface area (Å²) in [5.74, 6) is 0.661. The molecule has 0 aliphatic rings. The Labute approximate surface area is 169 Å². The van der Waals surface area contributed by atoms with E-state index < -0.39 is 0 Å². The van der Waals surface area contributed by atoms with E-state index in [1.165, 1.54) is 96.0 Å². The van der Waals surface area contributed by atoms with Crippen LogP contribution in [0.25, 0.3) is 0 Å². The van der Waals surface area contributed by atoms with Crippen LogP contribution < -0.4 is 0 Å². The van der Waals surface area contributed by atoms with Crippen molar-refractivity contribution in [3.8, 4) is 0 Å². The van der Waals surface area contributed by atoms with Gasteiger partial charge in [0.15, 0.2) is 5.78 Å². The van der Waals surface area contributed by atoms with Gasteiger partial charge in [-0.25, -0.2) is 0 Å². The van der Waals surface area contributed by atoms with Crippen molar-refractivity contribution in [1.29, 1.82) is 0 Å². The number of rotatable bonds is 22. The smallest absolute Gasteiger partial charge is 0.155 e. The van der Waals surface area contributed by atoms with Gasteiger partial charge in [0.1, 0.15) is 5.78 Å². The van der Waals surface area contributed by atoms with Gasteiger partial charge in [-0.15, -0.1) is 0 Å². The Morgan fingerprint density at radius 2 is 0.889 bits per heavy atom. The van der Waals surface area contributed by atoms with E-state index in [4.69, 9.17) is 0 Å². The summed E-state index contributed by atoms with van der Waals surface area (Å²) in [6.45, 7) is 5.75. The topological polar surface area (TPSA) is 34.1 Å². The summed E-state index contributed by atoms with van der Waals surface area (Å²) in [5.41, 5.74) is 0. The standard InChI is InChI=1S/C25H46O2/c1-3-5-6-7-12-16-19-22-25(27)23-20-17-14-11-9-8-10-13-15-18-21-24(26)4-2/h4H,2-3,5-23H2,1H3. The molecule has 0 bridgehead atoms. The minimum absolute atomic E-state index is 0.177. The quantitative estimate of drug-likeness (QED) is 0.141. The molecule has 27 heavy (non-hydrogen) atoms. The van der Waals surface area contributed by atoms with Crippen LogP contribution in [0.2, 0.25) is 0 Å². The number of Topliss-reactive ketones (excluding diaryl/α,β-unsaturated/α-hetero) is 1. The first-order valence-corrected chi connectivity index (χ1v) is 11.9. The molecular formula is C25H46O2. The van der Waals surface area contributed by atoms with Gasteiger partial charge in [-0.2, -0.15) is 0 Å². The molecule has 0 aromatic rings. The van der Waals surface area contributed by atoms with Crippen molar-refractivity contribution in [2.24, 2.45) is 0 Å². The average Bonchev–Trinajstić information content (AvgIpc) is 2.67. The first kappa shape index (κ1) is 26.1. The molecular weight excluding hydrogens is 332 g/mol. The lowest BCUT2D eigenvalue weighted by Crippen LogP contribution is -1.97. The lowest BCUT2D eigenvalue weighted by atomic mass is 10.0. The van der Waals surface area contributed by atoms with E-state index in [1.54, 1.807) is 0 Å². The lowest BCUT2D eigenvalue weighted by Gasteiger charge is -2.03. The van der Waals surface area contributed by atoms with E-state index in [-0.39, 0.29) is 5.78 Å². The maximum atomic E-state index is 11.9. The molecule has 0 heterocycles. The first-order valence-electron chi connectivity index (χ1n) is 11.9. The Morgan fingerprint density at radius 3 is 1.26 bits per heavy atom. The number of carbonyl (C=O) groups excluding carboxylic acids is 2. The Morgan fingerprint density at radius 1 is 0.556 bits per heavy atom. The molecule has 0 aromatic carbocycles. The number of unbranched alkanes of at least 4 members (excludes halogenated alkanes) is 15. The molecule has 0 atom stereocenters. The maximum absolute atomic E-state index is 11.9. The van der Waals surface area contributed by atoms with Crippen LogP contribution in [0.3, 0.4) is 0 Å². The summed E-state index contributed by atoms with van der Waals surface area (Å²) in [5, 5.41) is 0. The molecule has 0 rings (SSSR count). The van der Waals surface area contributed by atoms with Crippen molar-refractivity contribution >= 4 is 11.6 Å². The van der Waals surface area contributed by atoms with Crippen molar-refractivity contribution in [1.82, 2.24) is 0 Å². The zero-order valence-electron chi connectivity index (χ0n) is 18.2. The molecule has 0 aromatic heterocycles. The number of ketones is 2. The Hall–Kier alpha value is -0.920. The Kier molecular flexibility index (Phi) is 20.7. The van der Waals surface area contributed by atoms with Crippen molar-refractivity contribution < 1.29 is 9.59 Å². The van der Waals surface area contributed by atoms with E-state index in [1.807, 2.05) is 0 Å². The Bertz CT molecular complexity index is 359. The van der Waals surface area contributed by atoms with Crippen LogP contribution >= 0.6 is 0 Å². The Balaban J connectivity index is 3.17. The second-order valence-electron chi connectivity index (χ2n) is 8.12. The molecule has 0 saturated carbocycles. The summed E-state index contributed by atoms with van der Waals surface area (Å²) in [7, 11) is 0. The van der Waals surface area contributed by atoms with Gasteiger partial charge in [0.2, 0.25) is 0 Å².